The molecule has 35 heteroatoms. The Bertz CT molecular complexity index is 3470. The number of hydroxylamine groups is 8. The van der Waals surface area contributed by atoms with E-state index in [0.29, 0.717) is 25.7 Å². The Morgan fingerprint density at radius 1 is 0.350 bits per heavy atom. The van der Waals surface area contributed by atoms with E-state index in [4.69, 9.17) is 67.6 Å². The Hall–Kier alpha value is -8.17. The molecule has 35 nitrogen and oxygen atoms in total. The minimum Gasteiger partial charge on any atom is -0.460 e. The number of aliphatic hydroxyl groups excluding tert-OH is 5. The van der Waals surface area contributed by atoms with Crippen molar-refractivity contribution >= 4 is 65.7 Å². The molecular weight excluding hydrogens is 1610 g/mol. The number of nitrogens with zero attached hydrogens (tertiary/aromatic N) is 4. The number of benzene rings is 2. The molecule has 7 N–H and O–H groups in total. The van der Waals surface area contributed by atoms with Gasteiger partial charge in [0.2, 0.25) is 0 Å². The molecule has 0 amide bonds. The lowest BCUT2D eigenvalue weighted by atomic mass is 9.80. The highest BCUT2D eigenvalue weighted by Crippen LogP contribution is 2.44. The molecule has 0 saturated carbocycles. The summed E-state index contributed by atoms with van der Waals surface area (Å²) in [4.78, 5) is 141. The van der Waals surface area contributed by atoms with Gasteiger partial charge >= 0.3 is 65.7 Å². The molecule has 4 aliphatic rings. The van der Waals surface area contributed by atoms with Gasteiger partial charge in [-0.05, 0) is 237 Å². The van der Waals surface area contributed by atoms with Crippen LogP contribution in [0, 0.1) is 0 Å². The van der Waals surface area contributed by atoms with E-state index < -0.39 is 161 Å². The largest absolute Gasteiger partial charge is 0.460 e. The van der Waals surface area contributed by atoms with Gasteiger partial charge in [-0.3, -0.25) is 9.68 Å². The van der Waals surface area contributed by atoms with Crippen molar-refractivity contribution in [2.24, 2.45) is 0 Å². The summed E-state index contributed by atoms with van der Waals surface area (Å²) in [6.45, 7) is 50.0. The maximum absolute atomic E-state index is 12.3. The zero-order valence-corrected chi connectivity index (χ0v) is 77.2. The molecule has 0 radical (unpaired) electrons. The van der Waals surface area contributed by atoms with Gasteiger partial charge in [0.25, 0.3) is 0 Å². The van der Waals surface area contributed by atoms with Gasteiger partial charge < -0.3 is 88.1 Å². The van der Waals surface area contributed by atoms with Crippen molar-refractivity contribution in [2.45, 2.75) is 381 Å². The van der Waals surface area contributed by atoms with Crippen molar-refractivity contribution in [3.63, 3.8) is 0 Å². The highest BCUT2D eigenvalue weighted by atomic mass is 16.7. The molecule has 6 rings (SSSR count). The fourth-order valence-electron chi connectivity index (χ4n) is 14.2. The number of aliphatic hydroxyl groups is 5. The minimum atomic E-state index is -1.31. The first-order chi connectivity index (χ1) is 56.4. The van der Waals surface area contributed by atoms with Crippen LogP contribution in [0.25, 0.3) is 0 Å². The van der Waals surface area contributed by atoms with Gasteiger partial charge in [-0.25, -0.2) is 52.7 Å². The number of carbonyl (C=O) groups is 11. The first-order valence-electron chi connectivity index (χ1n) is 41.6. The standard InChI is InChI=1S/2C23H35NO6.2C15H27NO6.C12H18O7/c2*1-16(25)20(26)29-17(2)21(27)28-15-19(18-11-8-7-9-12-18)30-24-22(3,4)13-10-14-23(24,5)6;2*1-9(17)12(18)21-10(2)13(19)22-11-7-14(3,4)16(20)15(5,6)8-11;1-7(2)10(14)17-5-6-18-12(16)9(4)19-11(15)8(3)13/h2*7-9,11-12,16-17,19,25H,10,13-15H2,1-6H3;2*9-11,17,20H,7-8H2,1-6H3;8-9,13H,1,5-6H2,2-4H3/t16-,17?,19?;;9-,10-;;/m0.0../s1. The van der Waals surface area contributed by atoms with Crippen molar-refractivity contribution in [3.05, 3.63) is 83.9 Å². The number of carbonyl (C=O) groups excluding carboxylic acids is 11. The molecule has 0 aromatic heterocycles. The van der Waals surface area contributed by atoms with E-state index >= 15 is 0 Å². The monoisotopic (exact) mass is 1750 g/mol. The predicted molar refractivity (Wildman–Crippen MR) is 445 cm³/mol. The van der Waals surface area contributed by atoms with Crippen molar-refractivity contribution in [2.75, 3.05) is 26.4 Å². The summed E-state index contributed by atoms with van der Waals surface area (Å²) in [5, 5.41) is 72.6. The summed E-state index contributed by atoms with van der Waals surface area (Å²) in [5.74, 6) is -8.45. The molecule has 0 aliphatic carbocycles. The molecule has 4 saturated heterocycles. The predicted octanol–water partition coefficient (Wildman–Crippen LogP) is 9.58. The van der Waals surface area contributed by atoms with Crippen LogP contribution in [0.3, 0.4) is 0 Å². The van der Waals surface area contributed by atoms with Crippen LogP contribution in [0.2, 0.25) is 0 Å². The molecule has 12 atom stereocenters. The van der Waals surface area contributed by atoms with E-state index in [2.05, 4.69) is 71.4 Å². The third kappa shape index (κ3) is 36.7. The molecule has 0 spiro atoms. The van der Waals surface area contributed by atoms with Gasteiger partial charge in [0, 0.05) is 75.6 Å². The van der Waals surface area contributed by atoms with Gasteiger partial charge in [-0.15, -0.1) is 0 Å². The second-order valence-electron chi connectivity index (χ2n) is 36.5. The molecular formula is C88H142N4O31. The zero-order valence-electron chi connectivity index (χ0n) is 77.2. The smallest absolute Gasteiger partial charge is 0.347 e. The van der Waals surface area contributed by atoms with Crippen molar-refractivity contribution < 1.29 is 150 Å². The van der Waals surface area contributed by atoms with E-state index in [-0.39, 0.29) is 66.4 Å². The number of ether oxygens (including phenoxy) is 11. The topological polar surface area (TPSA) is 462 Å². The fraction of sp³-hybridized carbons (Fsp3) is 0.716. The van der Waals surface area contributed by atoms with E-state index in [1.807, 2.05) is 126 Å². The number of piperidine rings is 4. The molecule has 4 fully saturated rings. The SMILES string of the molecule is C=C(C)C(=O)OCCOC(=O)C(C)OC(=O)C(C)O.CC(O)C(=O)OC(C)C(=O)OC1CC(C)(C)N(O)C(C)(C)C1.CC(O)C(=O)OC(C)C(=O)OCC(ON1C(C)(C)CCCC1(C)C)c1ccccc1.CC(OC(=O)[C@H](C)O)C(=O)OCC(ON1C(C)(C)CCCC1(C)C)c1ccccc1.C[C@H](O)C(=O)O[C@@H](C)C(=O)OC1CC(C)(C)N(O)C(C)(C)C1. The van der Waals surface area contributed by atoms with E-state index in [0.717, 1.165) is 49.7 Å². The molecule has 4 heterocycles. The van der Waals surface area contributed by atoms with Crippen molar-refractivity contribution in [3.8, 4) is 0 Å². The maximum Gasteiger partial charge on any atom is 0.347 e. The number of rotatable bonds is 31. The summed E-state index contributed by atoms with van der Waals surface area (Å²) in [6, 6.07) is 19.2. The normalized spacial score (nSPS) is 21.1. The first kappa shape index (κ1) is 111. The molecule has 9 unspecified atom stereocenters. The molecule has 123 heavy (non-hydrogen) atoms. The van der Waals surface area contributed by atoms with Crippen molar-refractivity contribution in [1.29, 1.82) is 0 Å². The second-order valence-corrected chi connectivity index (χ2v) is 36.5. The molecule has 0 bridgehead atoms. The lowest BCUT2D eigenvalue weighted by molar-refractivity contribution is -0.312. The summed E-state index contributed by atoms with van der Waals surface area (Å²) in [7, 11) is 0. The summed E-state index contributed by atoms with van der Waals surface area (Å²) in [6.07, 6.45) is -5.68. The average molecular weight is 1750 g/mol. The van der Waals surface area contributed by atoms with Gasteiger partial charge in [-0.1, -0.05) is 67.2 Å². The third-order valence-electron chi connectivity index (χ3n) is 20.4. The Balaban J connectivity index is 0.000000527. The number of hydrogen-bond acceptors (Lipinski definition) is 35. The quantitative estimate of drug-likeness (QED) is 0.0160. The first-order valence-corrected chi connectivity index (χ1v) is 41.6. The van der Waals surface area contributed by atoms with E-state index in [9.17, 15) is 73.4 Å². The van der Waals surface area contributed by atoms with Gasteiger partial charge in [0.15, 0.2) is 30.5 Å². The number of hydrogen-bond donors (Lipinski definition) is 7. The fourth-order valence-corrected chi connectivity index (χ4v) is 14.2. The van der Waals surface area contributed by atoms with Crippen LogP contribution in [0.4, 0.5) is 0 Å². The Kier molecular flexibility index (Phi) is 43.7. The summed E-state index contributed by atoms with van der Waals surface area (Å²) < 4.78 is 55.2. The Morgan fingerprint density at radius 3 is 0.813 bits per heavy atom. The minimum absolute atomic E-state index is 0.0257. The van der Waals surface area contributed by atoms with Crippen LogP contribution < -0.4 is 0 Å². The third-order valence-corrected chi connectivity index (χ3v) is 20.4. The van der Waals surface area contributed by atoms with Crippen LogP contribution in [-0.2, 0) is 115 Å². The highest BCUT2D eigenvalue weighted by molar-refractivity contribution is 5.87. The average Bonchev–Trinajstić information content (AvgIpc) is 0.794. The second kappa shape index (κ2) is 48.5. The van der Waals surface area contributed by atoms with Crippen LogP contribution in [0.15, 0.2) is 72.8 Å². The summed E-state index contributed by atoms with van der Waals surface area (Å²) in [5.41, 5.74) is -0.801. The van der Waals surface area contributed by atoms with Crippen LogP contribution in [0.1, 0.15) is 274 Å². The van der Waals surface area contributed by atoms with Gasteiger partial charge in [0.1, 0.15) is 81.4 Å². The maximum atomic E-state index is 12.3. The number of esters is 11. The molecule has 4 aliphatic heterocycles. The Morgan fingerprint density at radius 2 is 0.577 bits per heavy atom. The lowest BCUT2D eigenvalue weighted by Crippen LogP contribution is -2.60. The molecule has 2 aromatic carbocycles. The van der Waals surface area contributed by atoms with Crippen LogP contribution in [0.5, 0.6) is 0 Å². The zero-order chi connectivity index (χ0) is 94.6. The molecule has 2 aromatic rings. The highest BCUT2D eigenvalue weighted by Gasteiger charge is 2.50. The van der Waals surface area contributed by atoms with E-state index in [1.165, 1.54) is 86.3 Å². The Labute approximate surface area is 724 Å². The van der Waals surface area contributed by atoms with Crippen LogP contribution >= 0.6 is 0 Å². The summed E-state index contributed by atoms with van der Waals surface area (Å²) >= 11 is 0. The molecule has 700 valence electrons. The van der Waals surface area contributed by atoms with Gasteiger partial charge in [-0.2, -0.15) is 20.3 Å². The van der Waals surface area contributed by atoms with E-state index in [1.54, 1.807) is 0 Å². The van der Waals surface area contributed by atoms with Crippen LogP contribution in [-0.4, -0.2) is 266 Å². The van der Waals surface area contributed by atoms with Crippen molar-refractivity contribution in [1.82, 2.24) is 20.3 Å². The lowest BCUT2D eigenvalue weighted by Gasteiger charge is -2.52. The van der Waals surface area contributed by atoms with Gasteiger partial charge in [0.05, 0.1) is 0 Å².